The van der Waals surface area contributed by atoms with E-state index in [0.717, 1.165) is 22.4 Å². The highest BCUT2D eigenvalue weighted by molar-refractivity contribution is 7.14. The van der Waals surface area contributed by atoms with Gasteiger partial charge in [0.1, 0.15) is 10.7 Å². The summed E-state index contributed by atoms with van der Waals surface area (Å²) in [6.07, 6.45) is 0.801. The Kier molecular flexibility index (Phi) is 5.09. The topological polar surface area (TPSA) is 49.3 Å². The number of halogens is 1. The van der Waals surface area contributed by atoms with Crippen LogP contribution in [0.2, 0.25) is 0 Å². The molecule has 1 heterocycles. The summed E-state index contributed by atoms with van der Waals surface area (Å²) in [4.78, 5) is 12.3. The Morgan fingerprint density at radius 1 is 1.38 bits per heavy atom. The number of carboxylic acid groups (broad SMARTS) is 1. The SMILES string of the molecule is Cc1sc(C(=O)O)cc1CNC(C)Cc1ccc(F)cc1. The van der Waals surface area contributed by atoms with E-state index < -0.39 is 5.97 Å². The summed E-state index contributed by atoms with van der Waals surface area (Å²) in [7, 11) is 0. The molecule has 3 nitrogen and oxygen atoms in total. The number of aromatic carboxylic acids is 1. The Bertz CT molecular complexity index is 622. The van der Waals surface area contributed by atoms with Gasteiger partial charge >= 0.3 is 5.97 Å². The molecular formula is C16H18FNO2S. The fraction of sp³-hybridized carbons (Fsp3) is 0.312. The second kappa shape index (κ2) is 6.83. The molecule has 2 rings (SSSR count). The van der Waals surface area contributed by atoms with E-state index in [1.54, 1.807) is 18.2 Å². The average molecular weight is 307 g/mol. The van der Waals surface area contributed by atoms with Gasteiger partial charge in [0.25, 0.3) is 0 Å². The number of thiophene rings is 1. The molecule has 1 atom stereocenters. The molecule has 0 bridgehead atoms. The van der Waals surface area contributed by atoms with Crippen LogP contribution in [0.4, 0.5) is 4.39 Å². The van der Waals surface area contributed by atoms with E-state index >= 15 is 0 Å². The summed E-state index contributed by atoms with van der Waals surface area (Å²) in [5.74, 6) is -1.11. The van der Waals surface area contributed by atoms with E-state index in [0.29, 0.717) is 11.4 Å². The average Bonchev–Trinajstić information content (AvgIpc) is 2.81. The van der Waals surface area contributed by atoms with Crippen LogP contribution in [-0.2, 0) is 13.0 Å². The maximum absolute atomic E-state index is 12.8. The molecule has 0 aliphatic rings. The van der Waals surface area contributed by atoms with Crippen LogP contribution < -0.4 is 5.32 Å². The monoisotopic (exact) mass is 307 g/mol. The second-order valence-electron chi connectivity index (χ2n) is 5.11. The van der Waals surface area contributed by atoms with Gasteiger partial charge in [-0.25, -0.2) is 9.18 Å². The minimum atomic E-state index is -0.881. The Hall–Kier alpha value is -1.72. The largest absolute Gasteiger partial charge is 0.477 e. The van der Waals surface area contributed by atoms with E-state index in [9.17, 15) is 9.18 Å². The quantitative estimate of drug-likeness (QED) is 0.857. The lowest BCUT2D eigenvalue weighted by Gasteiger charge is -2.13. The second-order valence-corrected chi connectivity index (χ2v) is 6.37. The van der Waals surface area contributed by atoms with Gasteiger partial charge in [0.2, 0.25) is 0 Å². The van der Waals surface area contributed by atoms with Crippen LogP contribution >= 0.6 is 11.3 Å². The highest BCUT2D eigenvalue weighted by Gasteiger charge is 2.11. The molecule has 0 radical (unpaired) electrons. The normalized spacial score (nSPS) is 12.3. The maximum Gasteiger partial charge on any atom is 0.345 e. The molecule has 21 heavy (non-hydrogen) atoms. The molecule has 0 aliphatic carbocycles. The minimum Gasteiger partial charge on any atom is -0.477 e. The summed E-state index contributed by atoms with van der Waals surface area (Å²) in [5.41, 5.74) is 2.09. The van der Waals surface area contributed by atoms with E-state index in [1.807, 2.05) is 6.92 Å². The smallest absolute Gasteiger partial charge is 0.345 e. The van der Waals surface area contributed by atoms with E-state index in [-0.39, 0.29) is 11.9 Å². The molecular weight excluding hydrogens is 289 g/mol. The molecule has 0 amide bonds. The third-order valence-corrected chi connectivity index (χ3v) is 4.41. The first kappa shape index (κ1) is 15.7. The number of carbonyl (C=O) groups is 1. The first-order valence-corrected chi connectivity index (χ1v) is 7.58. The van der Waals surface area contributed by atoms with Gasteiger partial charge < -0.3 is 10.4 Å². The lowest BCUT2D eigenvalue weighted by molar-refractivity contribution is 0.0702. The van der Waals surface area contributed by atoms with Crippen molar-refractivity contribution in [3.63, 3.8) is 0 Å². The van der Waals surface area contributed by atoms with Gasteiger partial charge in [-0.15, -0.1) is 11.3 Å². The Morgan fingerprint density at radius 3 is 2.62 bits per heavy atom. The zero-order valence-corrected chi connectivity index (χ0v) is 12.8. The third-order valence-electron chi connectivity index (χ3n) is 3.33. The van der Waals surface area contributed by atoms with Gasteiger partial charge in [0.15, 0.2) is 0 Å². The zero-order valence-electron chi connectivity index (χ0n) is 12.0. The van der Waals surface area contributed by atoms with Crippen molar-refractivity contribution in [1.82, 2.24) is 5.32 Å². The molecule has 2 N–H and O–H groups in total. The fourth-order valence-electron chi connectivity index (χ4n) is 2.13. The molecule has 0 saturated heterocycles. The number of rotatable bonds is 6. The van der Waals surface area contributed by atoms with Gasteiger partial charge in [-0.05, 0) is 49.6 Å². The first-order chi connectivity index (χ1) is 9.95. The van der Waals surface area contributed by atoms with Crippen LogP contribution in [0.25, 0.3) is 0 Å². The number of benzene rings is 1. The number of aryl methyl sites for hydroxylation is 1. The lowest BCUT2D eigenvalue weighted by Crippen LogP contribution is -2.27. The van der Waals surface area contributed by atoms with Crippen molar-refractivity contribution >= 4 is 17.3 Å². The van der Waals surface area contributed by atoms with Gasteiger partial charge in [0, 0.05) is 17.5 Å². The molecule has 0 saturated carbocycles. The molecule has 1 unspecified atom stereocenters. The van der Waals surface area contributed by atoms with Gasteiger partial charge in [-0.2, -0.15) is 0 Å². The maximum atomic E-state index is 12.8. The number of nitrogens with one attached hydrogen (secondary N) is 1. The molecule has 0 fully saturated rings. The summed E-state index contributed by atoms with van der Waals surface area (Å²) in [5, 5.41) is 12.4. The van der Waals surface area contributed by atoms with Gasteiger partial charge in [-0.1, -0.05) is 12.1 Å². The van der Waals surface area contributed by atoms with Crippen molar-refractivity contribution in [2.45, 2.75) is 32.9 Å². The van der Waals surface area contributed by atoms with Crippen LogP contribution in [-0.4, -0.2) is 17.1 Å². The van der Waals surface area contributed by atoms with Crippen molar-refractivity contribution in [2.75, 3.05) is 0 Å². The number of hydrogen-bond donors (Lipinski definition) is 2. The number of carboxylic acids is 1. The van der Waals surface area contributed by atoms with E-state index in [1.165, 1.54) is 23.5 Å². The highest BCUT2D eigenvalue weighted by Crippen LogP contribution is 2.21. The van der Waals surface area contributed by atoms with E-state index in [2.05, 4.69) is 12.2 Å². The molecule has 1 aromatic carbocycles. The molecule has 0 aliphatic heterocycles. The Balaban J connectivity index is 1.90. The lowest BCUT2D eigenvalue weighted by atomic mass is 10.1. The Morgan fingerprint density at radius 2 is 2.05 bits per heavy atom. The standard InChI is InChI=1S/C16H18FNO2S/c1-10(7-12-3-5-14(17)6-4-12)18-9-13-8-15(16(19)20)21-11(13)2/h3-6,8,10,18H,7,9H2,1-2H3,(H,19,20). The number of hydrogen-bond acceptors (Lipinski definition) is 3. The van der Waals surface area contributed by atoms with Crippen molar-refractivity contribution < 1.29 is 14.3 Å². The predicted molar refractivity (Wildman–Crippen MR) is 82.4 cm³/mol. The van der Waals surface area contributed by atoms with Crippen LogP contribution in [0.5, 0.6) is 0 Å². The van der Waals surface area contributed by atoms with Crippen molar-refractivity contribution in [2.24, 2.45) is 0 Å². The molecule has 0 spiro atoms. The Labute approximate surface area is 127 Å². The van der Waals surface area contributed by atoms with Crippen molar-refractivity contribution in [3.05, 3.63) is 57.0 Å². The van der Waals surface area contributed by atoms with Crippen LogP contribution in [0.1, 0.15) is 32.6 Å². The van der Waals surface area contributed by atoms with Crippen molar-refractivity contribution in [3.8, 4) is 0 Å². The van der Waals surface area contributed by atoms with Crippen LogP contribution in [0, 0.1) is 12.7 Å². The summed E-state index contributed by atoms with van der Waals surface area (Å²) < 4.78 is 12.8. The van der Waals surface area contributed by atoms with Crippen molar-refractivity contribution in [1.29, 1.82) is 0 Å². The highest BCUT2D eigenvalue weighted by atomic mass is 32.1. The predicted octanol–water partition coefficient (Wildman–Crippen LogP) is 3.61. The molecule has 112 valence electrons. The summed E-state index contributed by atoms with van der Waals surface area (Å²) >= 11 is 1.30. The van der Waals surface area contributed by atoms with E-state index in [4.69, 9.17) is 5.11 Å². The van der Waals surface area contributed by atoms with Gasteiger partial charge in [-0.3, -0.25) is 0 Å². The molecule has 2 aromatic rings. The minimum absolute atomic E-state index is 0.225. The van der Waals surface area contributed by atoms with Gasteiger partial charge in [0.05, 0.1) is 0 Å². The molecule has 1 aromatic heterocycles. The first-order valence-electron chi connectivity index (χ1n) is 6.76. The fourth-order valence-corrected chi connectivity index (χ4v) is 3.01. The summed E-state index contributed by atoms with van der Waals surface area (Å²) in [6.45, 7) is 4.62. The third kappa shape index (κ3) is 4.37. The zero-order chi connectivity index (χ0) is 15.4. The molecule has 5 heteroatoms. The van der Waals surface area contributed by atoms with Crippen LogP contribution in [0.15, 0.2) is 30.3 Å². The van der Waals surface area contributed by atoms with Crippen LogP contribution in [0.3, 0.4) is 0 Å². The summed E-state index contributed by atoms with van der Waals surface area (Å²) in [6, 6.07) is 8.44.